The number of hydrogen-bond acceptors (Lipinski definition) is 7. The first-order valence-corrected chi connectivity index (χ1v) is 10.8. The maximum atomic E-state index is 14.2. The lowest BCUT2D eigenvalue weighted by Crippen LogP contribution is -2.49. The van der Waals surface area contributed by atoms with Crippen molar-refractivity contribution in [1.82, 2.24) is 15.0 Å². The summed E-state index contributed by atoms with van der Waals surface area (Å²) in [6.07, 6.45) is 3.04. The third-order valence-corrected chi connectivity index (χ3v) is 6.56. The Bertz CT molecular complexity index is 1220. The van der Waals surface area contributed by atoms with E-state index in [1.807, 2.05) is 6.92 Å². The van der Waals surface area contributed by atoms with Gasteiger partial charge in [-0.15, -0.1) is 0 Å². The maximum absolute atomic E-state index is 14.2. The highest BCUT2D eigenvalue weighted by atomic mass is 19.1. The Kier molecular flexibility index (Phi) is 6.28. The highest BCUT2D eigenvalue weighted by molar-refractivity contribution is 6.06. The predicted molar refractivity (Wildman–Crippen MR) is 122 cm³/mol. The van der Waals surface area contributed by atoms with E-state index >= 15 is 0 Å². The molecule has 0 spiro atoms. The van der Waals surface area contributed by atoms with Gasteiger partial charge in [0.15, 0.2) is 11.5 Å². The Balaban J connectivity index is 1.63. The fraction of sp³-hybridized carbons (Fsp3) is 0.333. The van der Waals surface area contributed by atoms with Gasteiger partial charge in [0, 0.05) is 6.20 Å². The molecule has 3 aromatic heterocycles. The quantitative estimate of drug-likeness (QED) is 0.431. The van der Waals surface area contributed by atoms with Gasteiger partial charge in [0.25, 0.3) is 5.91 Å². The average Bonchev–Trinajstić information content (AvgIpc) is 2.80. The van der Waals surface area contributed by atoms with Gasteiger partial charge in [0.05, 0.1) is 35.0 Å². The van der Waals surface area contributed by atoms with E-state index in [1.165, 1.54) is 18.3 Å². The van der Waals surface area contributed by atoms with Crippen LogP contribution in [-0.2, 0) is 0 Å². The number of nitrogens with two attached hydrogens (primary N) is 1. The molecule has 1 amide bonds. The van der Waals surface area contributed by atoms with Gasteiger partial charge < -0.3 is 21.3 Å². The molecule has 10 heteroatoms. The zero-order chi connectivity index (χ0) is 24.6. The summed E-state index contributed by atoms with van der Waals surface area (Å²) in [5.41, 5.74) is 5.37. The summed E-state index contributed by atoms with van der Waals surface area (Å²) in [7, 11) is 0. The normalized spacial score (nSPS) is 24.6. The summed E-state index contributed by atoms with van der Waals surface area (Å²) in [6, 6.07) is 6.28. The maximum Gasteiger partial charge on any atom is 0.276 e. The van der Waals surface area contributed by atoms with Gasteiger partial charge in [0.1, 0.15) is 5.69 Å². The van der Waals surface area contributed by atoms with E-state index in [9.17, 15) is 23.8 Å². The van der Waals surface area contributed by atoms with Crippen molar-refractivity contribution in [2.75, 3.05) is 11.1 Å². The molecular weight excluding hydrogens is 444 g/mol. The molecule has 0 radical (unpaired) electrons. The zero-order valence-electron chi connectivity index (χ0n) is 18.7. The fourth-order valence-corrected chi connectivity index (χ4v) is 4.28. The van der Waals surface area contributed by atoms with Crippen LogP contribution in [0.4, 0.5) is 20.2 Å². The van der Waals surface area contributed by atoms with Crippen LogP contribution in [0.15, 0.2) is 42.7 Å². The van der Waals surface area contributed by atoms with Crippen LogP contribution < -0.4 is 11.1 Å². The first-order chi connectivity index (χ1) is 16.1. The number of anilines is 2. The average molecular weight is 469 g/mol. The number of rotatable bonds is 4. The molecule has 178 valence electrons. The molecule has 0 bridgehead atoms. The number of nitrogen functional groups attached to an aromatic ring is 1. The summed E-state index contributed by atoms with van der Waals surface area (Å²) in [6.45, 7) is 3.48. The second-order valence-corrected chi connectivity index (χ2v) is 8.83. The molecule has 5 N–H and O–H groups in total. The number of aromatic nitrogens is 3. The van der Waals surface area contributed by atoms with E-state index in [0.717, 1.165) is 17.7 Å². The summed E-state index contributed by atoms with van der Waals surface area (Å²) in [5.74, 6) is -2.66. The predicted octanol–water partition coefficient (Wildman–Crippen LogP) is 3.28. The number of amides is 1. The molecule has 1 aliphatic carbocycles. The monoisotopic (exact) mass is 469 g/mol. The van der Waals surface area contributed by atoms with E-state index in [1.54, 1.807) is 19.2 Å². The van der Waals surface area contributed by atoms with Crippen molar-refractivity contribution in [2.24, 2.45) is 5.92 Å². The summed E-state index contributed by atoms with van der Waals surface area (Å²) >= 11 is 0. The first-order valence-electron chi connectivity index (χ1n) is 10.8. The van der Waals surface area contributed by atoms with Crippen LogP contribution in [0.25, 0.3) is 11.4 Å². The molecule has 1 fully saturated rings. The number of aliphatic hydroxyl groups excluding tert-OH is 1. The van der Waals surface area contributed by atoms with Crippen LogP contribution in [0, 0.1) is 17.7 Å². The molecule has 0 saturated heterocycles. The van der Waals surface area contributed by atoms with Crippen LogP contribution >= 0.6 is 0 Å². The largest absolute Gasteiger partial charge is 0.397 e. The van der Waals surface area contributed by atoms with Gasteiger partial charge in [-0.1, -0.05) is 6.92 Å². The van der Waals surface area contributed by atoms with Crippen LogP contribution in [0.1, 0.15) is 48.7 Å². The lowest BCUT2D eigenvalue weighted by molar-refractivity contribution is -0.123. The summed E-state index contributed by atoms with van der Waals surface area (Å²) in [5, 5.41) is 23.7. The molecule has 0 aliphatic heterocycles. The molecule has 8 nitrogen and oxygen atoms in total. The van der Waals surface area contributed by atoms with Gasteiger partial charge in [-0.05, 0) is 67.5 Å². The first kappa shape index (κ1) is 23.7. The third-order valence-electron chi connectivity index (χ3n) is 6.56. The van der Waals surface area contributed by atoms with Crippen LogP contribution in [0.5, 0.6) is 0 Å². The minimum Gasteiger partial charge on any atom is -0.397 e. The number of nitrogens with zero attached hydrogens (tertiary/aromatic N) is 3. The van der Waals surface area contributed by atoms with Gasteiger partial charge in [-0.2, -0.15) is 4.39 Å². The van der Waals surface area contributed by atoms with Crippen LogP contribution in [0.3, 0.4) is 0 Å². The Morgan fingerprint density at radius 3 is 2.68 bits per heavy atom. The molecule has 34 heavy (non-hydrogen) atoms. The molecule has 1 saturated carbocycles. The van der Waals surface area contributed by atoms with Gasteiger partial charge in [-0.3, -0.25) is 9.78 Å². The molecule has 4 rings (SSSR count). The van der Waals surface area contributed by atoms with Gasteiger partial charge >= 0.3 is 0 Å². The lowest BCUT2D eigenvalue weighted by Gasteiger charge is -2.43. The highest BCUT2D eigenvalue weighted by Gasteiger charge is 2.43. The number of pyridine rings is 3. The van der Waals surface area contributed by atoms with Crippen LogP contribution in [-0.4, -0.2) is 42.8 Å². The second kappa shape index (κ2) is 9.03. The minimum absolute atomic E-state index is 0.0428. The van der Waals surface area contributed by atoms with Crippen molar-refractivity contribution in [1.29, 1.82) is 0 Å². The van der Waals surface area contributed by atoms with Crippen molar-refractivity contribution in [2.45, 2.75) is 44.3 Å². The summed E-state index contributed by atoms with van der Waals surface area (Å²) < 4.78 is 27.7. The Hall–Kier alpha value is -3.50. The second-order valence-electron chi connectivity index (χ2n) is 8.83. The third kappa shape index (κ3) is 4.46. The van der Waals surface area contributed by atoms with E-state index in [4.69, 9.17) is 5.73 Å². The number of carbonyl (C=O) groups is 1. The van der Waals surface area contributed by atoms with E-state index in [2.05, 4.69) is 20.3 Å². The fourth-order valence-electron chi connectivity index (χ4n) is 4.28. The van der Waals surface area contributed by atoms with E-state index in [-0.39, 0.29) is 34.6 Å². The Morgan fingerprint density at radius 2 is 1.94 bits per heavy atom. The summed E-state index contributed by atoms with van der Waals surface area (Å²) in [4.78, 5) is 24.8. The van der Waals surface area contributed by atoms with Gasteiger partial charge in [0.2, 0.25) is 5.95 Å². The number of carbonyl (C=O) groups excluding carboxylic acids is 1. The van der Waals surface area contributed by atoms with Crippen molar-refractivity contribution < 1.29 is 23.8 Å². The van der Waals surface area contributed by atoms with E-state index in [0.29, 0.717) is 18.5 Å². The zero-order valence-corrected chi connectivity index (χ0v) is 18.7. The van der Waals surface area contributed by atoms with Crippen molar-refractivity contribution in [3.05, 3.63) is 65.7 Å². The highest BCUT2D eigenvalue weighted by Crippen LogP contribution is 2.43. The smallest absolute Gasteiger partial charge is 0.276 e. The SMILES string of the molecule is C[C@H]1C[C@@H](c2ccncc2NC(=O)c2nc(-c3nc(F)ccc3F)ccc2N)C[C@@H](O)[C@]1(C)O. The molecule has 1 aliphatic rings. The molecule has 4 atom stereocenters. The van der Waals surface area contributed by atoms with Crippen LogP contribution in [0.2, 0.25) is 0 Å². The van der Waals surface area contributed by atoms with Crippen molar-refractivity contribution in [3.63, 3.8) is 0 Å². The minimum atomic E-state index is -1.20. The number of halogens is 2. The Labute approximate surface area is 194 Å². The molecule has 3 heterocycles. The van der Waals surface area contributed by atoms with Gasteiger partial charge in [-0.25, -0.2) is 14.4 Å². The standard InChI is InChI=1S/C24H25F2N5O3/c1-12-9-13(10-19(32)24(12,2)34)14-7-8-28-11-18(14)30-23(33)22-16(27)4-5-17(29-22)21-15(25)3-6-20(26)31-21/h3-8,11-13,19,32,34H,9-10,27H2,1-2H3,(H,30,33)/t12-,13+,19+,24+/m0/s1. The topological polar surface area (TPSA) is 134 Å². The van der Waals surface area contributed by atoms with Crippen molar-refractivity contribution in [3.8, 4) is 11.4 Å². The molecule has 3 aromatic rings. The molecular formula is C24H25F2N5O3. The Morgan fingerprint density at radius 1 is 1.18 bits per heavy atom. The molecule has 0 unspecified atom stereocenters. The van der Waals surface area contributed by atoms with E-state index < -0.39 is 29.4 Å². The molecule has 0 aromatic carbocycles. The number of hydrogen-bond donors (Lipinski definition) is 4. The van der Waals surface area contributed by atoms with Crippen molar-refractivity contribution >= 4 is 17.3 Å². The number of nitrogens with one attached hydrogen (secondary N) is 1. The number of aliphatic hydroxyl groups is 2. The lowest BCUT2D eigenvalue weighted by atomic mass is 9.69.